The van der Waals surface area contributed by atoms with Crippen molar-refractivity contribution in [1.29, 1.82) is 0 Å². The minimum absolute atomic E-state index is 0.277. The number of fused-ring (bicyclic) bond motifs is 1. The fraction of sp³-hybridized carbons (Fsp3) is 0.379. The van der Waals surface area contributed by atoms with Crippen molar-refractivity contribution >= 4 is 22.8 Å². The van der Waals surface area contributed by atoms with Crippen LogP contribution in [0.5, 0.6) is 11.5 Å². The van der Waals surface area contributed by atoms with Gasteiger partial charge in [0, 0.05) is 43.3 Å². The number of primary amides is 1. The second-order valence-corrected chi connectivity index (χ2v) is 10.6. The van der Waals surface area contributed by atoms with E-state index < -0.39 is 5.91 Å². The van der Waals surface area contributed by atoms with E-state index in [2.05, 4.69) is 31.5 Å². The van der Waals surface area contributed by atoms with Crippen molar-refractivity contribution < 1.29 is 9.53 Å². The van der Waals surface area contributed by atoms with Crippen molar-refractivity contribution in [1.82, 2.24) is 29.5 Å². The van der Waals surface area contributed by atoms with Crippen LogP contribution in [0.4, 0.5) is 5.82 Å². The Labute approximate surface area is 227 Å². The van der Waals surface area contributed by atoms with Gasteiger partial charge >= 0.3 is 0 Å². The molecular weight excluding hydrogens is 492 g/mol. The average Bonchev–Trinajstić information content (AvgIpc) is 3.35. The van der Waals surface area contributed by atoms with Crippen LogP contribution in [0.1, 0.15) is 42.1 Å². The molecule has 1 aliphatic carbocycles. The van der Waals surface area contributed by atoms with E-state index in [0.717, 1.165) is 74.2 Å². The summed E-state index contributed by atoms with van der Waals surface area (Å²) in [4.78, 5) is 25.4. The van der Waals surface area contributed by atoms with Gasteiger partial charge < -0.3 is 21.1 Å². The highest BCUT2D eigenvalue weighted by Crippen LogP contribution is 2.37. The van der Waals surface area contributed by atoms with Gasteiger partial charge in [-0.3, -0.25) is 9.69 Å². The van der Waals surface area contributed by atoms with Gasteiger partial charge in [-0.05, 0) is 75.2 Å². The summed E-state index contributed by atoms with van der Waals surface area (Å²) in [5.74, 6) is 1.11. The van der Waals surface area contributed by atoms with E-state index in [0.29, 0.717) is 28.9 Å². The summed E-state index contributed by atoms with van der Waals surface area (Å²) < 4.78 is 8.02. The Balaban J connectivity index is 1.22. The van der Waals surface area contributed by atoms with E-state index in [4.69, 9.17) is 21.3 Å². The Bertz CT molecular complexity index is 1470. The van der Waals surface area contributed by atoms with Gasteiger partial charge in [0.25, 0.3) is 0 Å². The van der Waals surface area contributed by atoms with Gasteiger partial charge in [-0.25, -0.2) is 14.6 Å². The Hall–Kier alpha value is -4.02. The van der Waals surface area contributed by atoms with E-state index in [9.17, 15) is 4.79 Å². The normalized spacial score (nSPS) is 20.7. The first-order chi connectivity index (χ1) is 19.0. The van der Waals surface area contributed by atoms with Gasteiger partial charge in [0.2, 0.25) is 5.91 Å². The molecule has 10 heteroatoms. The zero-order valence-electron chi connectivity index (χ0n) is 22.2. The number of ether oxygens (including phenoxy) is 1. The lowest BCUT2D eigenvalue weighted by Gasteiger charge is -2.41. The highest BCUT2D eigenvalue weighted by atomic mass is 16.5. The SMILES string of the molecule is CN1CCN([C@H]2CC[C@@H](n3nc(-c4ccc(Oc5cccc(C(N)=O)c5)cc4)c4c(N)ncnc43)CC2)CC1. The second kappa shape index (κ2) is 10.6. The van der Waals surface area contributed by atoms with E-state index in [1.165, 1.54) is 6.33 Å². The van der Waals surface area contributed by atoms with Crippen molar-refractivity contribution in [3.63, 3.8) is 0 Å². The van der Waals surface area contributed by atoms with Crippen LogP contribution in [0.25, 0.3) is 22.3 Å². The van der Waals surface area contributed by atoms with Gasteiger partial charge in [-0.15, -0.1) is 0 Å². The fourth-order valence-electron chi connectivity index (χ4n) is 5.84. The minimum atomic E-state index is -0.495. The van der Waals surface area contributed by atoms with Crippen LogP contribution in [0.3, 0.4) is 0 Å². The number of amides is 1. The third-order valence-electron chi connectivity index (χ3n) is 8.07. The molecule has 0 atom stereocenters. The molecule has 6 rings (SSSR count). The molecule has 4 N–H and O–H groups in total. The molecule has 202 valence electrons. The third kappa shape index (κ3) is 5.17. The molecule has 0 spiro atoms. The quantitative estimate of drug-likeness (QED) is 0.389. The van der Waals surface area contributed by atoms with Crippen LogP contribution >= 0.6 is 0 Å². The van der Waals surface area contributed by atoms with Crippen molar-refractivity contribution in [3.8, 4) is 22.8 Å². The summed E-state index contributed by atoms with van der Waals surface area (Å²) in [5.41, 5.74) is 14.6. The van der Waals surface area contributed by atoms with Gasteiger partial charge in [-0.2, -0.15) is 5.10 Å². The molecule has 0 radical (unpaired) electrons. The molecule has 0 bridgehead atoms. The number of carbonyl (C=O) groups is 1. The molecule has 10 nitrogen and oxygen atoms in total. The molecule has 2 fully saturated rings. The molecule has 1 saturated carbocycles. The fourth-order valence-corrected chi connectivity index (χ4v) is 5.84. The molecule has 2 aromatic heterocycles. The summed E-state index contributed by atoms with van der Waals surface area (Å²) >= 11 is 0. The number of carbonyl (C=O) groups excluding carboxylic acids is 1. The van der Waals surface area contributed by atoms with E-state index in [-0.39, 0.29) is 6.04 Å². The van der Waals surface area contributed by atoms with E-state index in [1.807, 2.05) is 24.3 Å². The number of benzene rings is 2. The summed E-state index contributed by atoms with van der Waals surface area (Å²) in [5, 5.41) is 5.84. The second-order valence-electron chi connectivity index (χ2n) is 10.6. The number of nitrogens with zero attached hydrogens (tertiary/aromatic N) is 6. The zero-order chi connectivity index (χ0) is 26.9. The van der Waals surface area contributed by atoms with Crippen LogP contribution in [-0.2, 0) is 0 Å². The molecule has 1 aliphatic heterocycles. The van der Waals surface area contributed by atoms with Crippen molar-refractivity contribution in [2.24, 2.45) is 5.73 Å². The monoisotopic (exact) mass is 526 g/mol. The smallest absolute Gasteiger partial charge is 0.248 e. The van der Waals surface area contributed by atoms with Gasteiger partial charge in [0.05, 0.1) is 11.4 Å². The molecular formula is C29H34N8O2. The maximum absolute atomic E-state index is 11.5. The zero-order valence-corrected chi connectivity index (χ0v) is 22.2. The predicted octanol–water partition coefficient (Wildman–Crippen LogP) is 3.70. The van der Waals surface area contributed by atoms with Gasteiger partial charge in [-0.1, -0.05) is 6.07 Å². The van der Waals surface area contributed by atoms with E-state index in [1.54, 1.807) is 24.3 Å². The van der Waals surface area contributed by atoms with Crippen LogP contribution in [0, 0.1) is 0 Å². The number of hydrogen-bond donors (Lipinski definition) is 2. The molecule has 2 aromatic carbocycles. The number of aromatic nitrogens is 4. The molecule has 2 aliphatic rings. The van der Waals surface area contributed by atoms with Crippen LogP contribution < -0.4 is 16.2 Å². The number of nitrogens with two attached hydrogens (primary N) is 2. The first-order valence-corrected chi connectivity index (χ1v) is 13.6. The molecule has 39 heavy (non-hydrogen) atoms. The highest BCUT2D eigenvalue weighted by Gasteiger charge is 2.30. The number of piperazine rings is 1. The molecule has 4 aromatic rings. The average molecular weight is 527 g/mol. The molecule has 0 unspecified atom stereocenters. The maximum atomic E-state index is 11.5. The van der Waals surface area contributed by atoms with Gasteiger partial charge in [0.1, 0.15) is 29.3 Å². The highest BCUT2D eigenvalue weighted by molar-refractivity contribution is 5.98. The lowest BCUT2D eigenvalue weighted by atomic mass is 9.90. The number of hydrogen-bond acceptors (Lipinski definition) is 8. The minimum Gasteiger partial charge on any atom is -0.457 e. The molecule has 1 saturated heterocycles. The number of likely N-dealkylation sites (N-methyl/N-ethyl adjacent to an activating group) is 1. The first kappa shape index (κ1) is 25.3. The third-order valence-corrected chi connectivity index (χ3v) is 8.07. The number of anilines is 1. The molecule has 3 heterocycles. The predicted molar refractivity (Wildman–Crippen MR) is 151 cm³/mol. The summed E-state index contributed by atoms with van der Waals surface area (Å²) in [6, 6.07) is 15.4. The van der Waals surface area contributed by atoms with Crippen LogP contribution in [0.15, 0.2) is 54.9 Å². The van der Waals surface area contributed by atoms with E-state index >= 15 is 0 Å². The standard InChI is InChI=1S/C29H34N8O2/c1-35-13-15-36(16-14-35)21-7-9-22(10-8-21)37-29-25(27(30)32-18-33-29)26(34-37)19-5-11-23(12-6-19)39-24-4-2-3-20(17-24)28(31)38/h2-6,11-12,17-18,21-22H,7-10,13-16H2,1H3,(H2,31,38)(H2,30,32,33)/t21-,22+. The lowest BCUT2D eigenvalue weighted by molar-refractivity contribution is 0.0815. The largest absolute Gasteiger partial charge is 0.457 e. The Morgan fingerprint density at radius 3 is 2.36 bits per heavy atom. The maximum Gasteiger partial charge on any atom is 0.248 e. The summed E-state index contributed by atoms with van der Waals surface area (Å²) in [7, 11) is 2.20. The van der Waals surface area contributed by atoms with Crippen LogP contribution in [-0.4, -0.2) is 74.7 Å². The Morgan fingerprint density at radius 2 is 1.64 bits per heavy atom. The Morgan fingerprint density at radius 1 is 0.923 bits per heavy atom. The first-order valence-electron chi connectivity index (χ1n) is 13.6. The molecule has 1 amide bonds. The number of nitrogen functional groups attached to an aromatic ring is 1. The summed E-state index contributed by atoms with van der Waals surface area (Å²) in [6.45, 7) is 4.60. The topological polar surface area (TPSA) is 128 Å². The summed E-state index contributed by atoms with van der Waals surface area (Å²) in [6.07, 6.45) is 5.97. The Kier molecular flexibility index (Phi) is 6.88. The van der Waals surface area contributed by atoms with Crippen LogP contribution in [0.2, 0.25) is 0 Å². The lowest BCUT2D eigenvalue weighted by Crippen LogP contribution is -2.49. The van der Waals surface area contributed by atoms with Crippen molar-refractivity contribution in [2.75, 3.05) is 39.0 Å². The van der Waals surface area contributed by atoms with Crippen molar-refractivity contribution in [3.05, 3.63) is 60.4 Å². The van der Waals surface area contributed by atoms with Gasteiger partial charge in [0.15, 0.2) is 5.65 Å². The van der Waals surface area contributed by atoms with Crippen molar-refractivity contribution in [2.45, 2.75) is 37.8 Å². The number of rotatable bonds is 6.